The van der Waals surface area contributed by atoms with Crippen LogP contribution in [0.3, 0.4) is 0 Å². The van der Waals surface area contributed by atoms with E-state index in [0.717, 1.165) is 0 Å². The molecule has 0 amide bonds. The minimum atomic E-state index is -4.23. The zero-order valence-corrected chi connectivity index (χ0v) is 13.6. The van der Waals surface area contributed by atoms with Crippen LogP contribution in [-0.2, 0) is 20.2 Å². The van der Waals surface area contributed by atoms with Gasteiger partial charge in [-0.3, -0.25) is 9.11 Å². The van der Waals surface area contributed by atoms with Crippen LogP contribution in [0.15, 0.2) is 58.3 Å². The van der Waals surface area contributed by atoms with E-state index in [1.807, 2.05) is 0 Å². The molecule has 6 nitrogen and oxygen atoms in total. The summed E-state index contributed by atoms with van der Waals surface area (Å²) in [5.41, 5.74) is 1.02. The molecule has 0 aliphatic carbocycles. The van der Waals surface area contributed by atoms with Crippen LogP contribution in [0.5, 0.6) is 0 Å². The van der Waals surface area contributed by atoms with Gasteiger partial charge in [0.25, 0.3) is 20.2 Å². The third-order valence-electron chi connectivity index (χ3n) is 2.78. The van der Waals surface area contributed by atoms with Crippen LogP contribution in [0.25, 0.3) is 0 Å². The normalized spacial score (nSPS) is 10.9. The maximum atomic E-state index is 10.9. The Kier molecular flexibility index (Phi) is 5.07. The molecule has 24 heavy (non-hydrogen) atoms. The standard InChI is InChI=1S/C16H10O6S2/c17-23(18,19)15-9-5-13(6-10-15)3-1-2-4-14-7-11-16(12-8-14)24(20,21)22/h5-12H,(H,17,18,19)(H,20,21,22). The van der Waals surface area contributed by atoms with Crippen LogP contribution in [0.4, 0.5) is 0 Å². The van der Waals surface area contributed by atoms with E-state index in [4.69, 9.17) is 9.11 Å². The Morgan fingerprint density at radius 3 is 1.12 bits per heavy atom. The van der Waals surface area contributed by atoms with Crippen molar-refractivity contribution < 1.29 is 25.9 Å². The Balaban J connectivity index is 2.13. The first kappa shape index (κ1) is 17.7. The lowest BCUT2D eigenvalue weighted by Crippen LogP contribution is -1.97. The van der Waals surface area contributed by atoms with Crippen molar-refractivity contribution in [3.63, 3.8) is 0 Å². The van der Waals surface area contributed by atoms with Crippen LogP contribution in [0, 0.1) is 23.7 Å². The molecule has 0 radical (unpaired) electrons. The summed E-state index contributed by atoms with van der Waals surface area (Å²) in [5, 5.41) is 0. The number of hydrogen-bond donors (Lipinski definition) is 2. The molecular weight excluding hydrogens is 352 g/mol. The second-order valence-electron chi connectivity index (χ2n) is 4.50. The molecule has 2 aromatic rings. The van der Waals surface area contributed by atoms with Crippen LogP contribution in [-0.4, -0.2) is 25.9 Å². The molecule has 0 aromatic heterocycles. The molecule has 0 aliphatic rings. The Morgan fingerprint density at radius 2 is 0.875 bits per heavy atom. The van der Waals surface area contributed by atoms with Gasteiger partial charge < -0.3 is 0 Å². The smallest absolute Gasteiger partial charge is 0.282 e. The molecule has 0 bridgehead atoms. The Morgan fingerprint density at radius 1 is 0.583 bits per heavy atom. The highest BCUT2D eigenvalue weighted by atomic mass is 32.2. The zero-order valence-electron chi connectivity index (χ0n) is 12.0. The van der Waals surface area contributed by atoms with E-state index in [1.54, 1.807) is 0 Å². The highest BCUT2D eigenvalue weighted by Gasteiger charge is 2.08. The molecule has 0 heterocycles. The summed E-state index contributed by atoms with van der Waals surface area (Å²) in [6.07, 6.45) is 0. The van der Waals surface area contributed by atoms with Gasteiger partial charge in [0.15, 0.2) is 0 Å². The zero-order chi connectivity index (χ0) is 17.8. The van der Waals surface area contributed by atoms with Gasteiger partial charge in [-0.2, -0.15) is 16.8 Å². The van der Waals surface area contributed by atoms with Gasteiger partial charge in [0.2, 0.25) is 0 Å². The third-order valence-corrected chi connectivity index (χ3v) is 4.52. The van der Waals surface area contributed by atoms with E-state index in [9.17, 15) is 16.8 Å². The van der Waals surface area contributed by atoms with Gasteiger partial charge in [-0.1, -0.05) is 11.8 Å². The van der Waals surface area contributed by atoms with E-state index in [0.29, 0.717) is 11.1 Å². The molecule has 2 rings (SSSR count). The molecule has 2 N–H and O–H groups in total. The van der Waals surface area contributed by atoms with Crippen molar-refractivity contribution in [1.82, 2.24) is 0 Å². The van der Waals surface area contributed by atoms with Gasteiger partial charge in [-0.05, 0) is 60.4 Å². The summed E-state index contributed by atoms with van der Waals surface area (Å²) >= 11 is 0. The van der Waals surface area contributed by atoms with E-state index >= 15 is 0 Å². The maximum absolute atomic E-state index is 10.9. The van der Waals surface area contributed by atoms with Gasteiger partial charge in [0.1, 0.15) is 0 Å². The van der Waals surface area contributed by atoms with Crippen molar-refractivity contribution in [2.24, 2.45) is 0 Å². The molecule has 2 aromatic carbocycles. The Bertz CT molecular complexity index is 982. The van der Waals surface area contributed by atoms with Crippen LogP contribution in [0.1, 0.15) is 11.1 Å². The van der Waals surface area contributed by atoms with Crippen LogP contribution < -0.4 is 0 Å². The SMILES string of the molecule is O=S(=O)(O)c1ccc(C#CC#Cc2ccc(S(=O)(=O)O)cc2)cc1. The summed E-state index contributed by atoms with van der Waals surface area (Å²) in [6, 6.07) is 10.6. The van der Waals surface area contributed by atoms with Crippen molar-refractivity contribution in [2.75, 3.05) is 0 Å². The van der Waals surface area contributed by atoms with E-state index in [1.165, 1.54) is 48.5 Å². The van der Waals surface area contributed by atoms with E-state index in [2.05, 4.69) is 23.7 Å². The average molecular weight is 362 g/mol. The first-order valence-corrected chi connectivity index (χ1v) is 9.21. The predicted octanol–water partition coefficient (Wildman–Crippen LogP) is 1.58. The monoisotopic (exact) mass is 362 g/mol. The molecule has 0 spiro atoms. The second kappa shape index (κ2) is 6.87. The van der Waals surface area contributed by atoms with Crippen molar-refractivity contribution in [3.05, 3.63) is 59.7 Å². The second-order valence-corrected chi connectivity index (χ2v) is 7.34. The first-order valence-electron chi connectivity index (χ1n) is 6.33. The fraction of sp³-hybridized carbons (Fsp3) is 0. The van der Waals surface area contributed by atoms with Gasteiger partial charge in [-0.15, -0.1) is 0 Å². The first-order chi connectivity index (χ1) is 11.2. The number of rotatable bonds is 2. The fourth-order valence-corrected chi connectivity index (χ4v) is 2.59. The van der Waals surface area contributed by atoms with Gasteiger partial charge >= 0.3 is 0 Å². The molecular formula is C16H10O6S2. The summed E-state index contributed by atoms with van der Waals surface area (Å²) in [5.74, 6) is 10.5. The summed E-state index contributed by atoms with van der Waals surface area (Å²) in [4.78, 5) is -0.448. The average Bonchev–Trinajstić information content (AvgIpc) is 2.51. The minimum Gasteiger partial charge on any atom is -0.282 e. The predicted molar refractivity (Wildman–Crippen MR) is 86.3 cm³/mol. The maximum Gasteiger partial charge on any atom is 0.294 e. The highest BCUT2D eigenvalue weighted by Crippen LogP contribution is 2.10. The summed E-state index contributed by atoms with van der Waals surface area (Å²) < 4.78 is 61.3. The summed E-state index contributed by atoms with van der Waals surface area (Å²) in [6.45, 7) is 0. The number of hydrogen-bond acceptors (Lipinski definition) is 4. The molecule has 0 aliphatic heterocycles. The summed E-state index contributed by atoms with van der Waals surface area (Å²) in [7, 11) is -8.46. The van der Waals surface area contributed by atoms with Crippen LogP contribution in [0.2, 0.25) is 0 Å². The largest absolute Gasteiger partial charge is 0.294 e. The molecule has 0 unspecified atom stereocenters. The quantitative estimate of drug-likeness (QED) is 0.620. The lowest BCUT2D eigenvalue weighted by molar-refractivity contribution is 0.481. The highest BCUT2D eigenvalue weighted by molar-refractivity contribution is 7.86. The molecule has 0 saturated heterocycles. The topological polar surface area (TPSA) is 109 Å². The molecule has 122 valence electrons. The Hall–Kier alpha value is -2.62. The molecule has 0 fully saturated rings. The third kappa shape index (κ3) is 4.95. The molecule has 8 heteroatoms. The van der Waals surface area contributed by atoms with Crippen molar-refractivity contribution in [1.29, 1.82) is 0 Å². The number of benzene rings is 2. The van der Waals surface area contributed by atoms with Gasteiger partial charge in [0.05, 0.1) is 9.79 Å². The Labute approximate surface area is 139 Å². The lowest BCUT2D eigenvalue weighted by Gasteiger charge is -1.95. The van der Waals surface area contributed by atoms with E-state index < -0.39 is 20.2 Å². The van der Waals surface area contributed by atoms with Crippen molar-refractivity contribution in [2.45, 2.75) is 9.79 Å². The van der Waals surface area contributed by atoms with Crippen molar-refractivity contribution in [3.8, 4) is 23.7 Å². The molecule has 0 atom stereocenters. The minimum absolute atomic E-state index is 0.224. The van der Waals surface area contributed by atoms with Crippen LogP contribution >= 0.6 is 0 Å². The molecule has 0 saturated carbocycles. The van der Waals surface area contributed by atoms with Crippen molar-refractivity contribution >= 4 is 20.2 Å². The van der Waals surface area contributed by atoms with Gasteiger partial charge in [0, 0.05) is 11.1 Å². The lowest BCUT2D eigenvalue weighted by atomic mass is 10.2. The van der Waals surface area contributed by atoms with Gasteiger partial charge in [-0.25, -0.2) is 0 Å². The fourth-order valence-electron chi connectivity index (χ4n) is 1.63. The van der Waals surface area contributed by atoms with E-state index in [-0.39, 0.29) is 9.79 Å².